The number of halogens is 2. The Balaban J connectivity index is 3.00. The molecule has 0 atom stereocenters. The van der Waals surface area contributed by atoms with Crippen LogP contribution in [-0.2, 0) is 14.8 Å². The molecular formula is C13H18Cl2N2O3S. The van der Waals surface area contributed by atoms with Crippen LogP contribution in [0.2, 0.25) is 0 Å². The average Bonchev–Trinajstić information content (AvgIpc) is 2.45. The smallest absolute Gasteiger partial charge is 0.241 e. The molecule has 0 saturated carbocycles. The highest BCUT2D eigenvalue weighted by molar-refractivity contribution is 7.89. The molecule has 8 heteroatoms. The van der Waals surface area contributed by atoms with Crippen LogP contribution in [0.5, 0.6) is 0 Å². The zero-order valence-electron chi connectivity index (χ0n) is 11.8. The second-order valence-electron chi connectivity index (χ2n) is 4.71. The predicted molar refractivity (Wildman–Crippen MR) is 85.5 cm³/mol. The van der Waals surface area contributed by atoms with Crippen LogP contribution in [-0.4, -0.2) is 31.6 Å². The molecule has 1 rings (SSSR count). The minimum Gasteiger partial charge on any atom is -0.326 e. The first-order chi connectivity index (χ1) is 9.78. The van der Waals surface area contributed by atoms with E-state index >= 15 is 0 Å². The highest BCUT2D eigenvalue weighted by atomic mass is 35.5. The maximum absolute atomic E-state index is 12.3. The summed E-state index contributed by atoms with van der Waals surface area (Å²) in [5, 5.41) is 2.57. The van der Waals surface area contributed by atoms with Crippen LogP contribution < -0.4 is 10.0 Å². The SMILES string of the molecule is CCC(CCl)(CCl)NS(=O)(=O)c1ccc(NC(C)=O)cc1. The summed E-state index contributed by atoms with van der Waals surface area (Å²) < 4.78 is 27.2. The van der Waals surface area contributed by atoms with Crippen molar-refractivity contribution in [3.05, 3.63) is 24.3 Å². The lowest BCUT2D eigenvalue weighted by molar-refractivity contribution is -0.114. The highest BCUT2D eigenvalue weighted by Gasteiger charge is 2.32. The van der Waals surface area contributed by atoms with Crippen LogP contribution in [0.4, 0.5) is 5.69 Å². The number of hydrogen-bond acceptors (Lipinski definition) is 3. The summed E-state index contributed by atoms with van der Waals surface area (Å²) in [7, 11) is -3.73. The van der Waals surface area contributed by atoms with Gasteiger partial charge in [0.25, 0.3) is 0 Å². The Morgan fingerprint density at radius 3 is 2.10 bits per heavy atom. The number of anilines is 1. The minimum atomic E-state index is -3.73. The van der Waals surface area contributed by atoms with Gasteiger partial charge in [0.15, 0.2) is 0 Å². The van der Waals surface area contributed by atoms with E-state index < -0.39 is 15.6 Å². The predicted octanol–water partition coefficient (Wildman–Crippen LogP) is 2.55. The molecule has 118 valence electrons. The normalized spacial score (nSPS) is 12.2. The molecule has 0 aromatic heterocycles. The second kappa shape index (κ2) is 7.45. The van der Waals surface area contributed by atoms with E-state index in [1.807, 2.05) is 6.92 Å². The fraction of sp³-hybridized carbons (Fsp3) is 0.462. The third kappa shape index (κ3) is 4.85. The van der Waals surface area contributed by atoms with Crippen LogP contribution in [0, 0.1) is 0 Å². The van der Waals surface area contributed by atoms with Gasteiger partial charge in [0.1, 0.15) is 0 Å². The van der Waals surface area contributed by atoms with E-state index in [4.69, 9.17) is 23.2 Å². The van der Waals surface area contributed by atoms with Crippen molar-refractivity contribution in [2.45, 2.75) is 30.7 Å². The summed E-state index contributed by atoms with van der Waals surface area (Å²) in [6.07, 6.45) is 0.475. The van der Waals surface area contributed by atoms with Gasteiger partial charge in [-0.05, 0) is 30.7 Å². The number of carbonyl (C=O) groups is 1. The molecule has 2 N–H and O–H groups in total. The van der Waals surface area contributed by atoms with Crippen LogP contribution in [0.15, 0.2) is 29.2 Å². The van der Waals surface area contributed by atoms with Gasteiger partial charge >= 0.3 is 0 Å². The first kappa shape index (κ1) is 18.2. The van der Waals surface area contributed by atoms with Crippen LogP contribution in [0.25, 0.3) is 0 Å². The lowest BCUT2D eigenvalue weighted by Gasteiger charge is -2.29. The Kier molecular flexibility index (Phi) is 6.46. The second-order valence-corrected chi connectivity index (χ2v) is 6.93. The van der Waals surface area contributed by atoms with E-state index in [1.165, 1.54) is 31.2 Å². The molecule has 0 aliphatic carbocycles. The summed E-state index contributed by atoms with van der Waals surface area (Å²) in [4.78, 5) is 11.0. The van der Waals surface area contributed by atoms with Crippen molar-refractivity contribution in [3.63, 3.8) is 0 Å². The van der Waals surface area contributed by atoms with Crippen LogP contribution >= 0.6 is 23.2 Å². The van der Waals surface area contributed by atoms with Crippen molar-refractivity contribution in [1.82, 2.24) is 4.72 Å². The van der Waals surface area contributed by atoms with E-state index in [0.717, 1.165) is 0 Å². The van der Waals surface area contributed by atoms with Crippen molar-refractivity contribution >= 4 is 44.8 Å². The Morgan fingerprint density at radius 1 is 1.19 bits per heavy atom. The van der Waals surface area contributed by atoms with E-state index in [0.29, 0.717) is 12.1 Å². The van der Waals surface area contributed by atoms with Crippen molar-refractivity contribution in [1.29, 1.82) is 0 Å². The molecule has 1 aromatic rings. The van der Waals surface area contributed by atoms with Crippen LogP contribution in [0.1, 0.15) is 20.3 Å². The van der Waals surface area contributed by atoms with Gasteiger partial charge in [-0.3, -0.25) is 4.79 Å². The van der Waals surface area contributed by atoms with Gasteiger partial charge in [0.05, 0.1) is 10.4 Å². The Bertz CT molecular complexity index is 576. The van der Waals surface area contributed by atoms with Gasteiger partial charge in [-0.2, -0.15) is 0 Å². The molecule has 0 heterocycles. The lowest BCUT2D eigenvalue weighted by atomic mass is 10.0. The molecular weight excluding hydrogens is 335 g/mol. The molecule has 21 heavy (non-hydrogen) atoms. The van der Waals surface area contributed by atoms with Crippen LogP contribution in [0.3, 0.4) is 0 Å². The monoisotopic (exact) mass is 352 g/mol. The number of rotatable bonds is 7. The molecule has 0 radical (unpaired) electrons. The third-order valence-corrected chi connectivity index (χ3v) is 5.64. The number of sulfonamides is 1. The summed E-state index contributed by atoms with van der Waals surface area (Å²) in [6, 6.07) is 5.86. The molecule has 0 saturated heterocycles. The Morgan fingerprint density at radius 2 is 1.71 bits per heavy atom. The Hall–Kier alpha value is -0.820. The van der Waals surface area contributed by atoms with Gasteiger partial charge in [-0.15, -0.1) is 23.2 Å². The molecule has 0 spiro atoms. The molecule has 0 aliphatic heterocycles. The number of carbonyl (C=O) groups excluding carboxylic acids is 1. The van der Waals surface area contributed by atoms with E-state index in [-0.39, 0.29) is 22.6 Å². The average molecular weight is 353 g/mol. The van der Waals surface area contributed by atoms with Gasteiger partial charge in [0, 0.05) is 24.4 Å². The molecule has 0 fully saturated rings. The Labute approximate surface area is 135 Å². The summed E-state index contributed by atoms with van der Waals surface area (Å²) in [6.45, 7) is 3.19. The van der Waals surface area contributed by atoms with Crippen molar-refractivity contribution in [2.24, 2.45) is 0 Å². The largest absolute Gasteiger partial charge is 0.326 e. The van der Waals surface area contributed by atoms with Gasteiger partial charge in [0.2, 0.25) is 15.9 Å². The number of hydrogen-bond donors (Lipinski definition) is 2. The molecule has 5 nitrogen and oxygen atoms in total. The summed E-state index contributed by atoms with van der Waals surface area (Å²) in [5.74, 6) is -0.0649. The first-order valence-corrected chi connectivity index (χ1v) is 8.87. The number of nitrogens with one attached hydrogen (secondary N) is 2. The highest BCUT2D eigenvalue weighted by Crippen LogP contribution is 2.20. The van der Waals surface area contributed by atoms with Gasteiger partial charge in [-0.1, -0.05) is 6.92 Å². The van der Waals surface area contributed by atoms with E-state index in [9.17, 15) is 13.2 Å². The minimum absolute atomic E-state index is 0.0796. The van der Waals surface area contributed by atoms with Crippen molar-refractivity contribution < 1.29 is 13.2 Å². The standard InChI is InChI=1S/C13H18Cl2N2O3S/c1-3-13(8-14,9-15)17-21(19,20)12-6-4-11(5-7-12)16-10(2)18/h4-7,17H,3,8-9H2,1-2H3,(H,16,18). The molecule has 0 unspecified atom stereocenters. The number of benzene rings is 1. The molecule has 1 aromatic carbocycles. The number of amides is 1. The zero-order valence-corrected chi connectivity index (χ0v) is 14.1. The van der Waals surface area contributed by atoms with Crippen molar-refractivity contribution in [2.75, 3.05) is 17.1 Å². The van der Waals surface area contributed by atoms with E-state index in [2.05, 4.69) is 10.0 Å². The maximum atomic E-state index is 12.3. The summed E-state index contributed by atoms with van der Waals surface area (Å²) in [5.41, 5.74) is -0.351. The van der Waals surface area contributed by atoms with Gasteiger partial charge in [-0.25, -0.2) is 13.1 Å². The molecule has 0 bridgehead atoms. The molecule has 0 aliphatic rings. The van der Waals surface area contributed by atoms with Crippen molar-refractivity contribution in [3.8, 4) is 0 Å². The maximum Gasteiger partial charge on any atom is 0.241 e. The van der Waals surface area contributed by atoms with Gasteiger partial charge < -0.3 is 5.32 Å². The quantitative estimate of drug-likeness (QED) is 0.740. The van der Waals surface area contributed by atoms with E-state index in [1.54, 1.807) is 0 Å². The third-order valence-electron chi connectivity index (χ3n) is 3.02. The summed E-state index contributed by atoms with van der Waals surface area (Å²) >= 11 is 11.7. The lowest BCUT2D eigenvalue weighted by Crippen LogP contribution is -2.51. The number of alkyl halides is 2. The zero-order chi connectivity index (χ0) is 16.1. The molecule has 1 amide bonds. The first-order valence-electron chi connectivity index (χ1n) is 6.32. The topological polar surface area (TPSA) is 75.3 Å². The fourth-order valence-electron chi connectivity index (χ4n) is 1.62. The fourth-order valence-corrected chi connectivity index (χ4v) is 4.04.